The van der Waals surface area contributed by atoms with Crippen molar-refractivity contribution in [3.05, 3.63) is 102 Å². The van der Waals surface area contributed by atoms with E-state index in [9.17, 15) is 17.6 Å². The summed E-state index contributed by atoms with van der Waals surface area (Å²) in [5, 5.41) is 1.07. The van der Waals surface area contributed by atoms with Crippen LogP contribution in [0.2, 0.25) is 0 Å². The number of sulfonamides is 1. The number of amides is 1. The minimum atomic E-state index is -3.89. The zero-order chi connectivity index (χ0) is 28.2. The molecule has 2 aromatic carbocycles. The van der Waals surface area contributed by atoms with Gasteiger partial charge in [0.25, 0.3) is 15.9 Å². The van der Waals surface area contributed by atoms with Gasteiger partial charge in [-0.05, 0) is 61.9 Å². The number of anilines is 1. The van der Waals surface area contributed by atoms with Gasteiger partial charge in [-0.1, -0.05) is 42.5 Å². The number of fused-ring (bicyclic) bond motifs is 1. The van der Waals surface area contributed by atoms with E-state index in [-0.39, 0.29) is 22.9 Å². The molecule has 4 rings (SSSR count). The molecule has 0 bridgehead atoms. The number of piperazine rings is 1. The van der Waals surface area contributed by atoms with E-state index < -0.39 is 10.0 Å². The van der Waals surface area contributed by atoms with Crippen LogP contribution in [0.1, 0.15) is 24.2 Å². The minimum absolute atomic E-state index is 0.0816. The largest absolute Gasteiger partial charge is 0.333 e. The Hall–Kier alpha value is -3.53. The highest BCUT2D eigenvalue weighted by atomic mass is 35.5. The second-order valence-corrected chi connectivity index (χ2v) is 11.5. The van der Waals surface area contributed by atoms with Crippen molar-refractivity contribution in [2.75, 3.05) is 24.4 Å². The van der Waals surface area contributed by atoms with E-state index in [1.165, 1.54) is 12.1 Å². The van der Waals surface area contributed by atoms with Gasteiger partial charge in [-0.3, -0.25) is 19.4 Å². The van der Waals surface area contributed by atoms with Crippen LogP contribution in [-0.2, 0) is 10.0 Å². The highest BCUT2D eigenvalue weighted by Crippen LogP contribution is 2.26. The molecule has 39 heavy (non-hydrogen) atoms. The number of pyridine rings is 1. The summed E-state index contributed by atoms with van der Waals surface area (Å²) in [4.78, 5) is 21.6. The molecule has 7 nitrogen and oxygen atoms in total. The number of benzene rings is 2. The van der Waals surface area contributed by atoms with Crippen LogP contribution in [0.3, 0.4) is 0 Å². The van der Waals surface area contributed by atoms with E-state index in [2.05, 4.69) is 21.2 Å². The highest BCUT2D eigenvalue weighted by Gasteiger charge is 2.31. The molecule has 2 atom stereocenters. The fraction of sp³-hybridized carbons (Fsp3) is 0.241. The third kappa shape index (κ3) is 6.38. The molecule has 1 aromatic heterocycles. The third-order valence-electron chi connectivity index (χ3n) is 6.85. The molecule has 2 heterocycles. The molecule has 1 aliphatic heterocycles. The molecule has 0 radical (unpaired) electrons. The van der Waals surface area contributed by atoms with Gasteiger partial charge in [0.1, 0.15) is 4.90 Å². The number of allylic oxidation sites excluding steroid dienone is 2. The van der Waals surface area contributed by atoms with Crippen molar-refractivity contribution in [1.82, 2.24) is 14.8 Å². The molecule has 1 aliphatic rings. The smallest absolute Gasteiger partial charge is 0.264 e. The second kappa shape index (κ2) is 12.1. The van der Waals surface area contributed by atoms with E-state index in [4.69, 9.17) is 11.6 Å². The maximum Gasteiger partial charge on any atom is 0.264 e. The van der Waals surface area contributed by atoms with Gasteiger partial charge in [-0.25, -0.2) is 12.8 Å². The number of carbonyl (C=O) groups is 1. The number of hydrogen-bond donors (Lipinski definition) is 1. The average molecular weight is 569 g/mol. The van der Waals surface area contributed by atoms with Gasteiger partial charge < -0.3 is 4.90 Å². The Kier molecular flexibility index (Phi) is 8.84. The number of nitrogens with one attached hydrogen (secondary N) is 1. The van der Waals surface area contributed by atoms with E-state index >= 15 is 0 Å². The molecule has 0 spiro atoms. The third-order valence-corrected chi connectivity index (χ3v) is 8.48. The van der Waals surface area contributed by atoms with Crippen LogP contribution in [0.15, 0.2) is 101 Å². The van der Waals surface area contributed by atoms with Gasteiger partial charge in [-0.2, -0.15) is 0 Å². The van der Waals surface area contributed by atoms with E-state index in [1.807, 2.05) is 13.8 Å². The number of para-hydroxylation sites is 1. The lowest BCUT2D eigenvalue weighted by atomic mass is 10.0. The summed E-state index contributed by atoms with van der Waals surface area (Å²) in [7, 11) is -3.89. The number of rotatable bonds is 8. The van der Waals surface area contributed by atoms with Gasteiger partial charge >= 0.3 is 0 Å². The lowest BCUT2D eigenvalue weighted by Crippen LogP contribution is -2.56. The molecule has 1 N–H and O–H groups in total. The molecule has 1 saturated heterocycles. The molecular formula is C29H30ClFN4O3S. The number of halogens is 2. The van der Waals surface area contributed by atoms with Crippen LogP contribution in [-0.4, -0.2) is 60.8 Å². The lowest BCUT2D eigenvalue weighted by molar-refractivity contribution is 0.0443. The summed E-state index contributed by atoms with van der Waals surface area (Å²) < 4.78 is 41.3. The summed E-state index contributed by atoms with van der Waals surface area (Å²) in [6.07, 6.45) is 4.89. The molecule has 10 heteroatoms. The van der Waals surface area contributed by atoms with Gasteiger partial charge in [-0.15, -0.1) is 0 Å². The fourth-order valence-corrected chi connectivity index (χ4v) is 6.24. The summed E-state index contributed by atoms with van der Waals surface area (Å²) in [6.45, 7) is 9.44. The number of nitrogens with zero attached hydrogens (tertiary/aromatic N) is 3. The van der Waals surface area contributed by atoms with Crippen LogP contribution < -0.4 is 4.72 Å². The molecular weight excluding hydrogens is 539 g/mol. The molecule has 0 aliphatic carbocycles. The highest BCUT2D eigenvalue weighted by molar-refractivity contribution is 7.93. The molecule has 1 amide bonds. The maximum atomic E-state index is 13.3. The van der Waals surface area contributed by atoms with Crippen molar-refractivity contribution in [2.24, 2.45) is 0 Å². The Morgan fingerprint density at radius 2 is 1.90 bits per heavy atom. The van der Waals surface area contributed by atoms with Crippen LogP contribution in [0.4, 0.5) is 10.1 Å². The summed E-state index contributed by atoms with van der Waals surface area (Å²) in [6, 6.07) is 14.7. The first kappa shape index (κ1) is 28.5. The van der Waals surface area contributed by atoms with Crippen molar-refractivity contribution in [3.63, 3.8) is 0 Å². The Bertz CT molecular complexity index is 1530. The van der Waals surface area contributed by atoms with Crippen molar-refractivity contribution in [3.8, 4) is 0 Å². The van der Waals surface area contributed by atoms with E-state index in [1.54, 1.807) is 65.7 Å². The number of carbonyl (C=O) groups excluding carboxylic acids is 1. The van der Waals surface area contributed by atoms with Crippen LogP contribution in [0.25, 0.3) is 10.9 Å². The Morgan fingerprint density at radius 1 is 1.18 bits per heavy atom. The quantitative estimate of drug-likeness (QED) is 0.351. The van der Waals surface area contributed by atoms with E-state index in [0.717, 1.165) is 11.0 Å². The van der Waals surface area contributed by atoms with Crippen LogP contribution >= 0.6 is 11.6 Å². The topological polar surface area (TPSA) is 82.6 Å². The van der Waals surface area contributed by atoms with Gasteiger partial charge in [0.05, 0.1) is 11.8 Å². The summed E-state index contributed by atoms with van der Waals surface area (Å²) >= 11 is 6.15. The Labute approximate surface area is 233 Å². The molecule has 1 unspecified atom stereocenters. The summed E-state index contributed by atoms with van der Waals surface area (Å²) in [5.41, 5.74) is 1.91. The van der Waals surface area contributed by atoms with Crippen molar-refractivity contribution in [1.29, 1.82) is 0 Å². The monoisotopic (exact) mass is 568 g/mol. The minimum Gasteiger partial charge on any atom is -0.333 e. The number of aromatic nitrogens is 1. The van der Waals surface area contributed by atoms with Gasteiger partial charge in [0.15, 0.2) is 0 Å². The summed E-state index contributed by atoms with van der Waals surface area (Å²) in [5.74, 6) is -0.139. The molecule has 3 aromatic rings. The predicted octanol–water partition coefficient (Wildman–Crippen LogP) is 5.73. The first-order valence-electron chi connectivity index (χ1n) is 12.5. The number of hydrogen-bond acceptors (Lipinski definition) is 5. The van der Waals surface area contributed by atoms with Crippen molar-refractivity contribution >= 4 is 44.1 Å². The van der Waals surface area contributed by atoms with Gasteiger partial charge in [0.2, 0.25) is 0 Å². The van der Waals surface area contributed by atoms with Crippen LogP contribution in [0, 0.1) is 0 Å². The molecule has 204 valence electrons. The Morgan fingerprint density at radius 3 is 2.56 bits per heavy atom. The molecule has 1 fully saturated rings. The maximum absolute atomic E-state index is 13.3. The van der Waals surface area contributed by atoms with Crippen molar-refractivity contribution < 1.29 is 17.6 Å². The fourth-order valence-electron chi connectivity index (χ4n) is 4.78. The zero-order valence-electron chi connectivity index (χ0n) is 21.7. The zero-order valence-corrected chi connectivity index (χ0v) is 23.3. The SMILES string of the molecule is C=C(Cl)/C(=C\C=C\F)C(C)N1CCN(C(=O)c2ccc(NS(=O)(=O)c3cccc4cccnc34)cc2)[C@H](C)C1. The van der Waals surface area contributed by atoms with Crippen LogP contribution in [0.5, 0.6) is 0 Å². The van der Waals surface area contributed by atoms with Gasteiger partial charge in [0, 0.05) is 59.6 Å². The average Bonchev–Trinajstić information content (AvgIpc) is 2.92. The first-order chi connectivity index (χ1) is 18.6. The lowest BCUT2D eigenvalue weighted by Gasteiger charge is -2.43. The standard InChI is InChI=1S/C29H30ClFN4O3S/c1-20-19-34(22(3)26(21(2)30)9-5-15-31)17-18-35(20)29(36)24-11-13-25(14-12-24)33-39(37,38)27-10-4-7-23-8-6-16-32-28(23)27/h4-16,20,22,33H,2,17-19H2,1,3H3/b15-5+,26-9+/t20-,22?/m1/s1. The van der Waals surface area contributed by atoms with Crippen molar-refractivity contribution in [2.45, 2.75) is 30.8 Å². The van der Waals surface area contributed by atoms with E-state index in [0.29, 0.717) is 47.8 Å². The Balaban J connectivity index is 1.44. The molecule has 0 saturated carbocycles. The second-order valence-electron chi connectivity index (χ2n) is 9.38. The predicted molar refractivity (Wildman–Crippen MR) is 154 cm³/mol. The first-order valence-corrected chi connectivity index (χ1v) is 14.3. The normalized spacial score (nSPS) is 17.9.